The fourth-order valence-corrected chi connectivity index (χ4v) is 5.29. The number of ketones is 4. The summed E-state index contributed by atoms with van der Waals surface area (Å²) in [6, 6.07) is 20.4. The first-order chi connectivity index (χ1) is 18.0. The van der Waals surface area contributed by atoms with Crippen LogP contribution in [0.2, 0.25) is 0 Å². The number of rotatable bonds is 4. The van der Waals surface area contributed by atoms with Gasteiger partial charge in [0, 0.05) is 33.4 Å². The second-order valence-electron chi connectivity index (χ2n) is 9.17. The molecule has 2 aliphatic carbocycles. The molecule has 0 atom stereocenters. The van der Waals surface area contributed by atoms with Gasteiger partial charge >= 0.3 is 0 Å². The van der Waals surface area contributed by atoms with Gasteiger partial charge in [0.1, 0.15) is 11.5 Å². The third-order valence-electron chi connectivity index (χ3n) is 7.22. The molecular formula is C32H22O5. The van der Waals surface area contributed by atoms with Gasteiger partial charge in [-0.3, -0.25) is 19.2 Å². The molecule has 0 heterocycles. The fourth-order valence-electron chi connectivity index (χ4n) is 5.29. The summed E-state index contributed by atoms with van der Waals surface area (Å²) < 4.78 is 6.54. The molecule has 0 N–H and O–H groups in total. The minimum absolute atomic E-state index is 0.192. The predicted molar refractivity (Wildman–Crippen MR) is 138 cm³/mol. The first kappa shape index (κ1) is 22.8. The van der Waals surface area contributed by atoms with Gasteiger partial charge in [-0.25, -0.2) is 0 Å². The number of carbonyl (C=O) groups excluding carboxylic acids is 4. The molecule has 0 spiro atoms. The lowest BCUT2D eigenvalue weighted by molar-refractivity contribution is 0.0974. The van der Waals surface area contributed by atoms with Gasteiger partial charge in [0.05, 0.1) is 11.1 Å². The van der Waals surface area contributed by atoms with Crippen LogP contribution in [0.15, 0.2) is 72.8 Å². The molecule has 180 valence electrons. The van der Waals surface area contributed by atoms with E-state index in [1.54, 1.807) is 72.8 Å². The van der Waals surface area contributed by atoms with Crippen LogP contribution in [-0.4, -0.2) is 23.1 Å². The largest absolute Gasteiger partial charge is 0.455 e. The maximum atomic E-state index is 13.7. The highest BCUT2D eigenvalue weighted by Gasteiger charge is 2.36. The zero-order valence-corrected chi connectivity index (χ0v) is 20.4. The third kappa shape index (κ3) is 3.24. The van der Waals surface area contributed by atoms with Crippen molar-refractivity contribution in [1.29, 1.82) is 0 Å². The van der Waals surface area contributed by atoms with Crippen molar-refractivity contribution in [3.05, 3.63) is 128 Å². The highest BCUT2D eigenvalue weighted by molar-refractivity contribution is 6.30. The Kier molecular flexibility index (Phi) is 5.23. The van der Waals surface area contributed by atoms with Crippen molar-refractivity contribution in [3.63, 3.8) is 0 Å². The van der Waals surface area contributed by atoms with E-state index < -0.39 is 0 Å². The summed E-state index contributed by atoms with van der Waals surface area (Å²) in [5, 5.41) is 0. The van der Waals surface area contributed by atoms with E-state index >= 15 is 0 Å². The molecule has 0 radical (unpaired) electrons. The van der Waals surface area contributed by atoms with Crippen LogP contribution >= 0.6 is 0 Å². The highest BCUT2D eigenvalue weighted by Crippen LogP contribution is 2.43. The molecule has 0 aromatic heterocycles. The van der Waals surface area contributed by atoms with E-state index in [1.165, 1.54) is 0 Å². The SMILES string of the molecule is CCc1ccc2c(c1Oc1c(CC)ccc3c1C(=O)c1ccccc1C3=O)C(=O)c1ccccc1C2=O. The molecule has 0 saturated heterocycles. The summed E-state index contributed by atoms with van der Waals surface area (Å²) in [6.07, 6.45) is 1.08. The average Bonchev–Trinajstić information content (AvgIpc) is 2.94. The number of fused-ring (bicyclic) bond motifs is 4. The molecule has 0 fully saturated rings. The topological polar surface area (TPSA) is 77.5 Å². The van der Waals surface area contributed by atoms with Crippen LogP contribution in [0.4, 0.5) is 0 Å². The second-order valence-corrected chi connectivity index (χ2v) is 9.17. The van der Waals surface area contributed by atoms with Crippen molar-refractivity contribution < 1.29 is 23.9 Å². The Morgan fingerprint density at radius 1 is 0.459 bits per heavy atom. The maximum Gasteiger partial charge on any atom is 0.198 e. The predicted octanol–water partition coefficient (Wildman–Crippen LogP) is 6.15. The lowest BCUT2D eigenvalue weighted by atomic mass is 9.81. The van der Waals surface area contributed by atoms with E-state index in [2.05, 4.69) is 0 Å². The summed E-state index contributed by atoms with van der Waals surface area (Å²) in [6.45, 7) is 3.87. The van der Waals surface area contributed by atoms with Crippen molar-refractivity contribution in [1.82, 2.24) is 0 Å². The third-order valence-corrected chi connectivity index (χ3v) is 7.22. The fraction of sp³-hybridized carbons (Fsp3) is 0.125. The quantitative estimate of drug-likeness (QED) is 0.298. The van der Waals surface area contributed by atoms with Crippen molar-refractivity contribution in [3.8, 4) is 11.5 Å². The minimum atomic E-state index is -0.300. The lowest BCUT2D eigenvalue weighted by Crippen LogP contribution is -2.24. The van der Waals surface area contributed by atoms with Gasteiger partial charge in [0.25, 0.3) is 0 Å². The number of carbonyl (C=O) groups is 4. The van der Waals surface area contributed by atoms with E-state index in [9.17, 15) is 19.2 Å². The molecule has 0 amide bonds. The molecule has 0 saturated carbocycles. The van der Waals surface area contributed by atoms with Crippen molar-refractivity contribution in [2.45, 2.75) is 26.7 Å². The Hall–Kier alpha value is -4.64. The van der Waals surface area contributed by atoms with E-state index in [4.69, 9.17) is 4.74 Å². The van der Waals surface area contributed by atoms with Crippen molar-refractivity contribution >= 4 is 23.1 Å². The number of hydrogen-bond donors (Lipinski definition) is 0. The monoisotopic (exact) mass is 486 g/mol. The lowest BCUT2D eigenvalue weighted by Gasteiger charge is -2.25. The first-order valence-corrected chi connectivity index (χ1v) is 12.3. The van der Waals surface area contributed by atoms with Gasteiger partial charge in [-0.1, -0.05) is 74.5 Å². The molecule has 4 aromatic rings. The molecule has 2 aliphatic rings. The number of ether oxygens (including phenoxy) is 1. The zero-order chi connectivity index (χ0) is 25.8. The Morgan fingerprint density at radius 2 is 0.811 bits per heavy atom. The molecule has 6 rings (SSSR count). The summed E-state index contributed by atoms with van der Waals surface area (Å²) in [7, 11) is 0. The van der Waals surface area contributed by atoms with E-state index in [0.29, 0.717) is 35.1 Å². The van der Waals surface area contributed by atoms with Crippen molar-refractivity contribution in [2.24, 2.45) is 0 Å². The number of aryl methyl sites for hydroxylation is 2. The minimum Gasteiger partial charge on any atom is -0.455 e. The standard InChI is InChI=1S/C32H22O5/c1-3-17-13-15-23-25(29(35)21-11-7-5-9-19(21)27(23)33)31(17)37-32-18(4-2)14-16-24-26(32)30(36)22-12-8-6-10-20(22)28(24)34/h5-16H,3-4H2,1-2H3. The highest BCUT2D eigenvalue weighted by atomic mass is 16.5. The van der Waals surface area contributed by atoms with Gasteiger partial charge in [0.2, 0.25) is 0 Å². The average molecular weight is 487 g/mol. The molecule has 0 bridgehead atoms. The Labute approximate surface area is 213 Å². The maximum absolute atomic E-state index is 13.7. The van der Waals surface area contributed by atoms with E-state index in [0.717, 1.165) is 11.1 Å². The molecule has 0 unspecified atom stereocenters. The number of hydrogen-bond acceptors (Lipinski definition) is 5. The summed E-state index contributed by atoms with van der Waals surface area (Å²) in [5.74, 6) is -0.574. The van der Waals surface area contributed by atoms with Crippen molar-refractivity contribution in [2.75, 3.05) is 0 Å². The van der Waals surface area contributed by atoms with Crippen LogP contribution in [-0.2, 0) is 12.8 Å². The second kappa shape index (κ2) is 8.49. The molecule has 5 nitrogen and oxygen atoms in total. The van der Waals surface area contributed by atoms with Gasteiger partial charge < -0.3 is 4.74 Å². The Bertz CT molecular complexity index is 1570. The van der Waals surface area contributed by atoms with Gasteiger partial charge in [-0.2, -0.15) is 0 Å². The Morgan fingerprint density at radius 3 is 1.16 bits per heavy atom. The van der Waals surface area contributed by atoms with Crippen LogP contribution in [0.5, 0.6) is 11.5 Å². The van der Waals surface area contributed by atoms with Crippen LogP contribution in [0.1, 0.15) is 88.7 Å². The van der Waals surface area contributed by atoms with Gasteiger partial charge in [-0.15, -0.1) is 0 Å². The van der Waals surface area contributed by atoms with E-state index in [-0.39, 0.29) is 56.9 Å². The zero-order valence-electron chi connectivity index (χ0n) is 20.4. The number of benzene rings is 4. The first-order valence-electron chi connectivity index (χ1n) is 12.3. The summed E-state index contributed by atoms with van der Waals surface area (Å²) >= 11 is 0. The normalized spacial score (nSPS) is 13.6. The summed E-state index contributed by atoms with van der Waals surface area (Å²) in [4.78, 5) is 54.1. The smallest absolute Gasteiger partial charge is 0.198 e. The van der Waals surface area contributed by atoms with Gasteiger partial charge in [0.15, 0.2) is 23.1 Å². The van der Waals surface area contributed by atoms with Crippen LogP contribution in [0.3, 0.4) is 0 Å². The van der Waals surface area contributed by atoms with Crippen LogP contribution in [0.25, 0.3) is 0 Å². The van der Waals surface area contributed by atoms with Gasteiger partial charge in [-0.05, 0) is 36.1 Å². The van der Waals surface area contributed by atoms with Crippen LogP contribution < -0.4 is 4.74 Å². The molecule has 0 aliphatic heterocycles. The molecule has 4 aromatic carbocycles. The molecule has 37 heavy (non-hydrogen) atoms. The van der Waals surface area contributed by atoms with E-state index in [1.807, 2.05) is 13.8 Å². The Balaban J connectivity index is 1.59. The molecular weight excluding hydrogens is 464 g/mol. The summed E-state index contributed by atoms with van der Waals surface area (Å²) in [5.41, 5.74) is 3.75. The van der Waals surface area contributed by atoms with Crippen LogP contribution in [0, 0.1) is 0 Å². The molecule has 5 heteroatoms.